The number of carbonyl (C=O) groups is 1. The molecule has 0 N–H and O–H groups in total. The molecule has 0 radical (unpaired) electrons. The zero-order valence-electron chi connectivity index (χ0n) is 12.6. The van der Waals surface area contributed by atoms with Crippen molar-refractivity contribution in [1.82, 2.24) is 4.90 Å². The molecule has 0 bridgehead atoms. The molecule has 2 aromatic rings. The number of hydrogen-bond donors (Lipinski definition) is 0. The van der Waals surface area contributed by atoms with Crippen molar-refractivity contribution in [3.8, 4) is 0 Å². The van der Waals surface area contributed by atoms with Gasteiger partial charge in [0.05, 0.1) is 15.5 Å². The van der Waals surface area contributed by atoms with Gasteiger partial charge in [-0.3, -0.25) is 4.79 Å². The molecule has 0 aliphatic rings. The van der Waals surface area contributed by atoms with E-state index in [0.29, 0.717) is 5.56 Å². The maximum absolute atomic E-state index is 13.7. The highest BCUT2D eigenvalue weighted by molar-refractivity contribution is 7.90. The van der Waals surface area contributed by atoms with Crippen LogP contribution in [0.15, 0.2) is 47.4 Å². The normalized spacial score (nSPS) is 11.3. The first-order valence-electron chi connectivity index (χ1n) is 6.68. The van der Waals surface area contributed by atoms with Gasteiger partial charge < -0.3 is 4.90 Å². The van der Waals surface area contributed by atoms with E-state index < -0.39 is 21.6 Å². The van der Waals surface area contributed by atoms with E-state index in [0.717, 1.165) is 6.26 Å². The van der Waals surface area contributed by atoms with Crippen molar-refractivity contribution in [2.24, 2.45) is 0 Å². The number of rotatable bonds is 4. The summed E-state index contributed by atoms with van der Waals surface area (Å²) in [6, 6.07) is 10.1. The van der Waals surface area contributed by atoms with Crippen LogP contribution < -0.4 is 0 Å². The minimum absolute atomic E-state index is 0.00421. The third-order valence-electron chi connectivity index (χ3n) is 3.31. The summed E-state index contributed by atoms with van der Waals surface area (Å²) >= 11 is 6.00. The summed E-state index contributed by atoms with van der Waals surface area (Å²) in [6.45, 7) is 0.0466. The van der Waals surface area contributed by atoms with E-state index in [1.807, 2.05) is 0 Å². The molecule has 0 fully saturated rings. The number of amides is 1. The first-order chi connectivity index (χ1) is 10.7. The average Bonchev–Trinajstić information content (AvgIpc) is 2.48. The highest BCUT2D eigenvalue weighted by atomic mass is 35.5. The third-order valence-corrected chi connectivity index (χ3v) is 4.75. The smallest absolute Gasteiger partial charge is 0.255 e. The highest BCUT2D eigenvalue weighted by Gasteiger charge is 2.19. The van der Waals surface area contributed by atoms with Crippen LogP contribution in [0.5, 0.6) is 0 Å². The standard InChI is InChI=1S/C16H15ClFNO3S/c1-19(10-11-5-3-4-6-15(11)18)16(20)13-9-12(23(2,21)22)7-8-14(13)17/h3-9H,10H2,1-2H3. The molecule has 0 aromatic heterocycles. The molecule has 122 valence electrons. The quantitative estimate of drug-likeness (QED) is 0.846. The van der Waals surface area contributed by atoms with Crippen LogP contribution in [0.3, 0.4) is 0 Å². The predicted molar refractivity (Wildman–Crippen MR) is 86.8 cm³/mol. The van der Waals surface area contributed by atoms with Gasteiger partial charge in [0.2, 0.25) is 0 Å². The van der Waals surface area contributed by atoms with Gasteiger partial charge in [-0.1, -0.05) is 29.8 Å². The Labute approximate surface area is 139 Å². The summed E-state index contributed by atoms with van der Waals surface area (Å²) < 4.78 is 36.9. The predicted octanol–water partition coefficient (Wildman–Crippen LogP) is 3.15. The Balaban J connectivity index is 2.31. The second-order valence-electron chi connectivity index (χ2n) is 5.17. The lowest BCUT2D eigenvalue weighted by Gasteiger charge is -2.18. The van der Waals surface area contributed by atoms with Gasteiger partial charge in [-0.15, -0.1) is 0 Å². The zero-order valence-corrected chi connectivity index (χ0v) is 14.2. The lowest BCUT2D eigenvalue weighted by Crippen LogP contribution is -2.27. The van der Waals surface area contributed by atoms with Crippen molar-refractivity contribution in [3.63, 3.8) is 0 Å². The Kier molecular flexibility index (Phi) is 5.06. The molecule has 0 heterocycles. The number of benzene rings is 2. The van der Waals surface area contributed by atoms with Gasteiger partial charge in [0.15, 0.2) is 9.84 Å². The molecule has 0 spiro atoms. The van der Waals surface area contributed by atoms with E-state index >= 15 is 0 Å². The van der Waals surface area contributed by atoms with Crippen LogP contribution >= 0.6 is 11.6 Å². The second-order valence-corrected chi connectivity index (χ2v) is 7.59. The van der Waals surface area contributed by atoms with Crippen molar-refractivity contribution in [1.29, 1.82) is 0 Å². The Bertz CT molecular complexity index is 852. The molecule has 4 nitrogen and oxygen atoms in total. The highest BCUT2D eigenvalue weighted by Crippen LogP contribution is 2.22. The van der Waals surface area contributed by atoms with Gasteiger partial charge in [-0.2, -0.15) is 0 Å². The number of carbonyl (C=O) groups excluding carboxylic acids is 1. The zero-order chi connectivity index (χ0) is 17.2. The molecule has 0 saturated carbocycles. The van der Waals surface area contributed by atoms with Crippen LogP contribution in [0.25, 0.3) is 0 Å². The summed E-state index contributed by atoms with van der Waals surface area (Å²) in [7, 11) is -1.96. The summed E-state index contributed by atoms with van der Waals surface area (Å²) in [5.74, 6) is -0.896. The topological polar surface area (TPSA) is 54.5 Å². The third kappa shape index (κ3) is 4.09. The van der Waals surface area contributed by atoms with Gasteiger partial charge in [0, 0.05) is 25.4 Å². The summed E-state index contributed by atoms with van der Waals surface area (Å²) in [5, 5.41) is 0.141. The number of sulfone groups is 1. The van der Waals surface area contributed by atoms with E-state index in [1.54, 1.807) is 18.2 Å². The maximum Gasteiger partial charge on any atom is 0.255 e. The van der Waals surface area contributed by atoms with Gasteiger partial charge in [-0.05, 0) is 24.3 Å². The molecule has 0 atom stereocenters. The fraction of sp³-hybridized carbons (Fsp3) is 0.188. The Morgan fingerprint density at radius 3 is 2.48 bits per heavy atom. The van der Waals surface area contributed by atoms with E-state index in [9.17, 15) is 17.6 Å². The first kappa shape index (κ1) is 17.4. The summed E-state index contributed by atoms with van der Waals surface area (Å²) in [5.41, 5.74) is 0.423. The largest absolute Gasteiger partial charge is 0.337 e. The molecule has 7 heteroatoms. The van der Waals surface area contributed by atoms with Crippen molar-refractivity contribution in [2.45, 2.75) is 11.4 Å². The molecular weight excluding hydrogens is 341 g/mol. The van der Waals surface area contributed by atoms with Crippen molar-refractivity contribution >= 4 is 27.3 Å². The van der Waals surface area contributed by atoms with Gasteiger partial charge in [-0.25, -0.2) is 12.8 Å². The fourth-order valence-corrected chi connectivity index (χ4v) is 2.90. The molecule has 0 saturated heterocycles. The Morgan fingerprint density at radius 2 is 1.87 bits per heavy atom. The maximum atomic E-state index is 13.7. The van der Waals surface area contributed by atoms with E-state index in [4.69, 9.17) is 11.6 Å². The van der Waals surface area contributed by atoms with Crippen molar-refractivity contribution in [3.05, 3.63) is 64.4 Å². The van der Waals surface area contributed by atoms with Gasteiger partial charge >= 0.3 is 0 Å². The van der Waals surface area contributed by atoms with Crippen LogP contribution in [0.4, 0.5) is 4.39 Å². The monoisotopic (exact) mass is 355 g/mol. The first-order valence-corrected chi connectivity index (χ1v) is 8.95. The van der Waals surface area contributed by atoms with Gasteiger partial charge in [0.1, 0.15) is 5.82 Å². The molecule has 0 aliphatic carbocycles. The number of halogens is 2. The van der Waals surface area contributed by atoms with Gasteiger partial charge in [0.25, 0.3) is 5.91 Å². The molecule has 23 heavy (non-hydrogen) atoms. The molecule has 2 rings (SSSR count). The van der Waals surface area contributed by atoms with E-state index in [2.05, 4.69) is 0 Å². The minimum Gasteiger partial charge on any atom is -0.337 e. The van der Waals surface area contributed by atoms with Crippen molar-refractivity contribution < 1.29 is 17.6 Å². The molecule has 2 aromatic carbocycles. The van der Waals surface area contributed by atoms with Crippen molar-refractivity contribution in [2.75, 3.05) is 13.3 Å². The molecular formula is C16H15ClFNO3S. The molecule has 1 amide bonds. The lowest BCUT2D eigenvalue weighted by molar-refractivity contribution is 0.0784. The Hall–Kier alpha value is -1.92. The summed E-state index contributed by atoms with van der Waals surface area (Å²) in [6.07, 6.45) is 1.05. The molecule has 0 unspecified atom stereocenters. The average molecular weight is 356 g/mol. The van der Waals surface area contributed by atoms with Crippen LogP contribution in [0.1, 0.15) is 15.9 Å². The van der Waals surface area contributed by atoms with Crippen LogP contribution in [-0.4, -0.2) is 32.5 Å². The Morgan fingerprint density at radius 1 is 1.22 bits per heavy atom. The second kappa shape index (κ2) is 6.68. The van der Waals surface area contributed by atoms with Crippen LogP contribution in [0.2, 0.25) is 5.02 Å². The van der Waals surface area contributed by atoms with E-state index in [1.165, 1.54) is 36.2 Å². The molecule has 0 aliphatic heterocycles. The van der Waals surface area contributed by atoms with Crippen LogP contribution in [0, 0.1) is 5.82 Å². The fourth-order valence-electron chi connectivity index (χ4n) is 2.06. The van der Waals surface area contributed by atoms with E-state index in [-0.39, 0.29) is 22.0 Å². The minimum atomic E-state index is -3.46. The number of nitrogens with zero attached hydrogens (tertiary/aromatic N) is 1. The number of hydrogen-bond acceptors (Lipinski definition) is 3. The SMILES string of the molecule is CN(Cc1ccccc1F)C(=O)c1cc(S(C)(=O)=O)ccc1Cl. The lowest BCUT2D eigenvalue weighted by atomic mass is 10.1. The summed E-state index contributed by atoms with van der Waals surface area (Å²) in [4.78, 5) is 13.8. The van der Waals surface area contributed by atoms with Crippen LogP contribution in [-0.2, 0) is 16.4 Å².